The molecule has 1 aliphatic rings. The van der Waals surface area contributed by atoms with Crippen molar-refractivity contribution in [2.75, 3.05) is 10.6 Å². The molecule has 0 aliphatic heterocycles. The maximum atomic E-state index is 12.8. The van der Waals surface area contributed by atoms with Crippen molar-refractivity contribution in [2.24, 2.45) is 0 Å². The van der Waals surface area contributed by atoms with Gasteiger partial charge in [-0.3, -0.25) is 4.98 Å². The molecule has 2 N–H and O–H groups in total. The molecule has 5 nitrogen and oxygen atoms in total. The number of pyridine rings is 1. The maximum Gasteiger partial charge on any atom is 0.416 e. The van der Waals surface area contributed by atoms with Gasteiger partial charge in [0.25, 0.3) is 0 Å². The number of anilines is 3. The molecule has 0 amide bonds. The van der Waals surface area contributed by atoms with E-state index in [0.717, 1.165) is 30.5 Å². The van der Waals surface area contributed by atoms with Crippen LogP contribution in [0.25, 0.3) is 11.3 Å². The third-order valence-electron chi connectivity index (χ3n) is 4.86. The Hall–Kier alpha value is -3.16. The second kappa shape index (κ2) is 8.06. The Kier molecular flexibility index (Phi) is 5.33. The Bertz CT molecular complexity index is 952. The standard InChI is InChI=1S/C21H20F3N5/c22-21(23,24)15-7-9-17(10-8-15)26-19-12-18(14-4-3-11-25-13-14)28-20(29-19)27-16-5-1-2-6-16/h3-4,7-13,16H,1-2,5-6H2,(H2,26,27,28,29). The number of nitrogens with one attached hydrogen (secondary N) is 2. The Morgan fingerprint density at radius 3 is 2.38 bits per heavy atom. The lowest BCUT2D eigenvalue weighted by Crippen LogP contribution is -2.17. The molecule has 0 atom stereocenters. The van der Waals surface area contributed by atoms with E-state index in [1.807, 2.05) is 12.1 Å². The third kappa shape index (κ3) is 4.82. The number of rotatable bonds is 5. The van der Waals surface area contributed by atoms with Crippen LogP contribution in [0.3, 0.4) is 0 Å². The molecule has 3 aromatic rings. The Morgan fingerprint density at radius 2 is 1.72 bits per heavy atom. The average Bonchev–Trinajstić information content (AvgIpc) is 3.21. The number of hydrogen-bond donors (Lipinski definition) is 2. The molecule has 1 aliphatic carbocycles. The van der Waals surface area contributed by atoms with Crippen molar-refractivity contribution in [3.63, 3.8) is 0 Å². The van der Waals surface area contributed by atoms with E-state index in [-0.39, 0.29) is 0 Å². The van der Waals surface area contributed by atoms with Crippen LogP contribution in [-0.4, -0.2) is 21.0 Å². The van der Waals surface area contributed by atoms with Crippen molar-refractivity contribution in [1.82, 2.24) is 15.0 Å². The van der Waals surface area contributed by atoms with Crippen molar-refractivity contribution in [1.29, 1.82) is 0 Å². The average molecular weight is 399 g/mol. The highest BCUT2D eigenvalue weighted by atomic mass is 19.4. The fourth-order valence-electron chi connectivity index (χ4n) is 3.38. The first kappa shape index (κ1) is 19.2. The van der Waals surface area contributed by atoms with Crippen LogP contribution >= 0.6 is 0 Å². The number of benzene rings is 1. The van der Waals surface area contributed by atoms with Crippen LogP contribution in [0.2, 0.25) is 0 Å². The van der Waals surface area contributed by atoms with Gasteiger partial charge in [0.2, 0.25) is 5.95 Å². The van der Waals surface area contributed by atoms with Gasteiger partial charge >= 0.3 is 6.18 Å². The molecule has 8 heteroatoms. The fourth-order valence-corrected chi connectivity index (χ4v) is 3.38. The van der Waals surface area contributed by atoms with Crippen LogP contribution in [0.1, 0.15) is 31.2 Å². The molecule has 0 bridgehead atoms. The lowest BCUT2D eigenvalue weighted by molar-refractivity contribution is -0.137. The SMILES string of the molecule is FC(F)(F)c1ccc(Nc2cc(-c3cccnc3)nc(NC3CCCC3)n2)cc1. The van der Waals surface area contributed by atoms with Crippen LogP contribution < -0.4 is 10.6 Å². The Labute approximate surface area is 166 Å². The topological polar surface area (TPSA) is 62.7 Å². The summed E-state index contributed by atoms with van der Waals surface area (Å²) in [4.78, 5) is 13.2. The number of alkyl halides is 3. The maximum absolute atomic E-state index is 12.8. The van der Waals surface area contributed by atoms with Crippen molar-refractivity contribution in [3.05, 3.63) is 60.4 Å². The highest BCUT2D eigenvalue weighted by Gasteiger charge is 2.30. The van der Waals surface area contributed by atoms with Crippen LogP contribution in [-0.2, 0) is 6.18 Å². The lowest BCUT2D eigenvalue weighted by atomic mass is 10.2. The quantitative estimate of drug-likeness (QED) is 0.580. The minimum Gasteiger partial charge on any atom is -0.351 e. The number of halogens is 3. The van der Waals surface area contributed by atoms with Gasteiger partial charge in [0.05, 0.1) is 11.3 Å². The lowest BCUT2D eigenvalue weighted by Gasteiger charge is -2.15. The van der Waals surface area contributed by atoms with E-state index in [1.165, 1.54) is 25.0 Å². The molecule has 0 unspecified atom stereocenters. The minimum atomic E-state index is -4.36. The Morgan fingerprint density at radius 1 is 0.966 bits per heavy atom. The molecule has 1 saturated carbocycles. The zero-order valence-electron chi connectivity index (χ0n) is 15.6. The first-order valence-electron chi connectivity index (χ1n) is 9.48. The molecule has 4 rings (SSSR count). The fraction of sp³-hybridized carbons (Fsp3) is 0.286. The first-order valence-corrected chi connectivity index (χ1v) is 9.48. The zero-order chi connectivity index (χ0) is 20.3. The van der Waals surface area contributed by atoms with Crippen LogP contribution in [0.4, 0.5) is 30.6 Å². The monoisotopic (exact) mass is 399 g/mol. The van der Waals surface area contributed by atoms with Crippen LogP contribution in [0.5, 0.6) is 0 Å². The minimum absolute atomic E-state index is 0.332. The van der Waals surface area contributed by atoms with Gasteiger partial charge in [-0.05, 0) is 49.2 Å². The highest BCUT2D eigenvalue weighted by molar-refractivity contribution is 5.67. The molecule has 0 spiro atoms. The molecule has 0 radical (unpaired) electrons. The normalized spacial score (nSPS) is 14.7. The summed E-state index contributed by atoms with van der Waals surface area (Å²) in [7, 11) is 0. The molecule has 1 fully saturated rings. The van der Waals surface area contributed by atoms with Crippen molar-refractivity contribution in [2.45, 2.75) is 37.9 Å². The summed E-state index contributed by atoms with van der Waals surface area (Å²) in [5.41, 5.74) is 1.34. The second-order valence-electron chi connectivity index (χ2n) is 7.03. The van der Waals surface area contributed by atoms with Crippen molar-refractivity contribution in [3.8, 4) is 11.3 Å². The zero-order valence-corrected chi connectivity index (χ0v) is 15.6. The van der Waals surface area contributed by atoms with Crippen LogP contribution in [0.15, 0.2) is 54.9 Å². The first-order chi connectivity index (χ1) is 14.0. The van der Waals surface area contributed by atoms with E-state index in [1.54, 1.807) is 18.5 Å². The molecule has 2 heterocycles. The Balaban J connectivity index is 1.62. The smallest absolute Gasteiger partial charge is 0.351 e. The second-order valence-corrected chi connectivity index (χ2v) is 7.03. The molecular weight excluding hydrogens is 379 g/mol. The van der Waals surface area contributed by atoms with Gasteiger partial charge in [-0.2, -0.15) is 18.2 Å². The van der Waals surface area contributed by atoms with Gasteiger partial charge in [0.15, 0.2) is 0 Å². The summed E-state index contributed by atoms with van der Waals surface area (Å²) in [6.07, 6.45) is 3.53. The number of nitrogens with zero attached hydrogens (tertiary/aromatic N) is 3. The van der Waals surface area contributed by atoms with Gasteiger partial charge in [-0.25, -0.2) is 4.98 Å². The predicted octanol–water partition coefficient (Wildman–Crippen LogP) is 5.66. The van der Waals surface area contributed by atoms with E-state index in [0.29, 0.717) is 29.2 Å². The highest BCUT2D eigenvalue weighted by Crippen LogP contribution is 2.31. The number of aromatic nitrogens is 3. The molecule has 29 heavy (non-hydrogen) atoms. The van der Waals surface area contributed by atoms with E-state index < -0.39 is 11.7 Å². The van der Waals surface area contributed by atoms with Gasteiger partial charge in [0.1, 0.15) is 5.82 Å². The molecule has 1 aromatic carbocycles. The number of hydrogen-bond acceptors (Lipinski definition) is 5. The van der Waals surface area contributed by atoms with Crippen molar-refractivity contribution >= 4 is 17.5 Å². The summed E-state index contributed by atoms with van der Waals surface area (Å²) >= 11 is 0. The van der Waals surface area contributed by atoms with Crippen molar-refractivity contribution < 1.29 is 13.2 Å². The molecular formula is C21H20F3N5. The largest absolute Gasteiger partial charge is 0.416 e. The summed E-state index contributed by atoms with van der Waals surface area (Å²) in [5.74, 6) is 0.992. The van der Waals surface area contributed by atoms with E-state index in [2.05, 4.69) is 25.6 Å². The van der Waals surface area contributed by atoms with Gasteiger partial charge < -0.3 is 10.6 Å². The summed E-state index contributed by atoms with van der Waals surface area (Å²) < 4.78 is 38.3. The van der Waals surface area contributed by atoms with Crippen LogP contribution in [0, 0.1) is 0 Å². The predicted molar refractivity (Wildman–Crippen MR) is 106 cm³/mol. The third-order valence-corrected chi connectivity index (χ3v) is 4.86. The van der Waals surface area contributed by atoms with Gasteiger partial charge in [0, 0.05) is 35.8 Å². The van der Waals surface area contributed by atoms with E-state index in [4.69, 9.17) is 0 Å². The summed E-state index contributed by atoms with van der Waals surface area (Å²) in [6, 6.07) is 10.7. The summed E-state index contributed by atoms with van der Waals surface area (Å²) in [5, 5.41) is 6.45. The van der Waals surface area contributed by atoms with E-state index >= 15 is 0 Å². The molecule has 150 valence electrons. The molecule has 0 saturated heterocycles. The van der Waals surface area contributed by atoms with E-state index in [9.17, 15) is 13.2 Å². The van der Waals surface area contributed by atoms with Gasteiger partial charge in [-0.1, -0.05) is 12.8 Å². The molecule has 2 aromatic heterocycles. The van der Waals surface area contributed by atoms with Gasteiger partial charge in [-0.15, -0.1) is 0 Å². The summed E-state index contributed by atoms with van der Waals surface area (Å²) in [6.45, 7) is 0.